The fourth-order valence-corrected chi connectivity index (χ4v) is 4.02. The Bertz CT molecular complexity index is 960. The summed E-state index contributed by atoms with van der Waals surface area (Å²) < 4.78 is 43.9. The summed E-state index contributed by atoms with van der Waals surface area (Å²) in [6.07, 6.45) is -0.230. The van der Waals surface area contributed by atoms with Gasteiger partial charge >= 0.3 is 6.18 Å². The molecule has 0 bridgehead atoms. The maximum atomic E-state index is 13.2. The Kier molecular flexibility index (Phi) is 4.43. The van der Waals surface area contributed by atoms with Gasteiger partial charge in [-0.2, -0.15) is 13.2 Å². The van der Waals surface area contributed by atoms with Crippen molar-refractivity contribution < 1.29 is 17.7 Å². The van der Waals surface area contributed by atoms with Crippen LogP contribution in [0, 0.1) is 0 Å². The first-order valence-electron chi connectivity index (χ1n) is 8.80. The zero-order valence-corrected chi connectivity index (χ0v) is 14.9. The topological polar surface area (TPSA) is 8.81 Å². The Labute approximate surface area is 154 Å². The maximum absolute atomic E-state index is 13.2. The van der Waals surface area contributed by atoms with Crippen molar-refractivity contribution in [1.29, 1.82) is 0 Å². The summed E-state index contributed by atoms with van der Waals surface area (Å²) in [5, 5.41) is 0.633. The second-order valence-electron chi connectivity index (χ2n) is 6.80. The van der Waals surface area contributed by atoms with Crippen LogP contribution in [-0.2, 0) is 25.7 Å². The molecule has 0 saturated heterocycles. The van der Waals surface area contributed by atoms with Crippen LogP contribution in [0.3, 0.4) is 0 Å². The van der Waals surface area contributed by atoms with Gasteiger partial charge in [-0.3, -0.25) is 0 Å². The number of benzene rings is 2. The minimum Gasteiger partial charge on any atom is -0.227 e. The van der Waals surface area contributed by atoms with E-state index in [2.05, 4.69) is 4.57 Å². The molecule has 0 spiro atoms. The van der Waals surface area contributed by atoms with Crippen LogP contribution in [0.15, 0.2) is 42.5 Å². The van der Waals surface area contributed by atoms with Crippen LogP contribution in [0.1, 0.15) is 36.2 Å². The second kappa shape index (κ2) is 6.62. The molecule has 3 aromatic rings. The zero-order valence-electron chi connectivity index (χ0n) is 14.2. The summed E-state index contributed by atoms with van der Waals surface area (Å²) in [4.78, 5) is 0. The Morgan fingerprint density at radius 3 is 2.65 bits per heavy atom. The van der Waals surface area contributed by atoms with Gasteiger partial charge in [-0.05, 0) is 49.1 Å². The summed E-state index contributed by atoms with van der Waals surface area (Å²) in [5.41, 5.74) is 1.89. The molecule has 136 valence electrons. The van der Waals surface area contributed by atoms with Gasteiger partial charge in [-0.25, -0.2) is 9.13 Å². The van der Waals surface area contributed by atoms with Crippen LogP contribution >= 0.6 is 11.6 Å². The minimum atomic E-state index is -4.35. The van der Waals surface area contributed by atoms with Gasteiger partial charge in [0.2, 0.25) is 0 Å². The van der Waals surface area contributed by atoms with E-state index in [1.165, 1.54) is 12.1 Å². The van der Waals surface area contributed by atoms with Crippen molar-refractivity contribution in [2.75, 3.05) is 0 Å². The number of halogens is 4. The highest BCUT2D eigenvalue weighted by molar-refractivity contribution is 6.30. The Morgan fingerprint density at radius 1 is 1.04 bits per heavy atom. The quantitative estimate of drug-likeness (QED) is 0.529. The average Bonchev–Trinajstić information content (AvgIpc) is 2.74. The van der Waals surface area contributed by atoms with E-state index < -0.39 is 11.7 Å². The largest absolute Gasteiger partial charge is 0.416 e. The number of alkyl halides is 3. The minimum absolute atomic E-state index is 0.515. The van der Waals surface area contributed by atoms with E-state index in [9.17, 15) is 13.2 Å². The predicted octanol–water partition coefficient (Wildman–Crippen LogP) is 5.38. The molecule has 6 heteroatoms. The van der Waals surface area contributed by atoms with Gasteiger partial charge in [0.25, 0.3) is 5.82 Å². The van der Waals surface area contributed by atoms with Gasteiger partial charge < -0.3 is 0 Å². The van der Waals surface area contributed by atoms with Crippen LogP contribution in [-0.4, -0.2) is 4.57 Å². The van der Waals surface area contributed by atoms with Crippen LogP contribution in [0.25, 0.3) is 11.0 Å². The zero-order chi connectivity index (χ0) is 18.3. The lowest BCUT2D eigenvalue weighted by molar-refractivity contribution is -0.678. The van der Waals surface area contributed by atoms with E-state index in [-0.39, 0.29) is 0 Å². The molecule has 1 aliphatic rings. The highest BCUT2D eigenvalue weighted by atomic mass is 35.5. The monoisotopic (exact) mass is 379 g/mol. The summed E-state index contributed by atoms with van der Waals surface area (Å²) in [5.74, 6) is 1.09. The SMILES string of the molecule is FC(F)(F)c1ccc2c(c1)n(Cc1cccc(Cl)c1)c1[n+]2CCCCC1. The highest BCUT2D eigenvalue weighted by Gasteiger charge is 2.34. The first kappa shape index (κ1) is 17.4. The van der Waals surface area contributed by atoms with Crippen LogP contribution < -0.4 is 4.57 Å². The van der Waals surface area contributed by atoms with Crippen molar-refractivity contribution in [3.63, 3.8) is 0 Å². The highest BCUT2D eigenvalue weighted by Crippen LogP contribution is 2.32. The Hall–Kier alpha value is -2.01. The lowest BCUT2D eigenvalue weighted by atomic mass is 10.1. The van der Waals surface area contributed by atoms with E-state index in [0.29, 0.717) is 17.1 Å². The van der Waals surface area contributed by atoms with E-state index in [1.807, 2.05) is 22.8 Å². The maximum Gasteiger partial charge on any atom is 0.416 e. The lowest BCUT2D eigenvalue weighted by Gasteiger charge is -2.06. The van der Waals surface area contributed by atoms with Gasteiger partial charge in [0, 0.05) is 17.5 Å². The molecule has 0 amide bonds. The molecular formula is C20H19ClF3N2+. The smallest absolute Gasteiger partial charge is 0.227 e. The van der Waals surface area contributed by atoms with Crippen LogP contribution in [0.4, 0.5) is 13.2 Å². The standard InChI is InChI=1S/C20H19ClF3N2/c21-16-6-4-5-14(11-16)13-26-18-12-15(20(22,23)24)8-9-17(18)25-10-3-1-2-7-19(25)26/h4-6,8-9,11-12H,1-3,7,10,13H2/q+1. The molecule has 2 aromatic carbocycles. The third-order valence-corrected chi connectivity index (χ3v) is 5.25. The molecule has 1 aliphatic heterocycles. The predicted molar refractivity (Wildman–Crippen MR) is 95.2 cm³/mol. The third kappa shape index (κ3) is 3.20. The molecule has 0 aliphatic carbocycles. The van der Waals surface area contributed by atoms with E-state index in [4.69, 9.17) is 11.6 Å². The normalized spacial score (nSPS) is 15.1. The molecule has 0 N–H and O–H groups in total. The van der Waals surface area contributed by atoms with Crippen molar-refractivity contribution in [3.05, 3.63) is 64.4 Å². The van der Waals surface area contributed by atoms with Gasteiger partial charge in [0.15, 0.2) is 11.0 Å². The fourth-order valence-electron chi connectivity index (χ4n) is 3.81. The molecule has 4 rings (SSSR count). The molecule has 0 unspecified atom stereocenters. The number of imidazole rings is 1. The Morgan fingerprint density at radius 2 is 1.88 bits per heavy atom. The van der Waals surface area contributed by atoms with Crippen molar-refractivity contribution in [2.45, 2.75) is 44.9 Å². The molecular weight excluding hydrogens is 361 g/mol. The van der Waals surface area contributed by atoms with Crippen molar-refractivity contribution in [2.24, 2.45) is 0 Å². The number of hydrogen-bond donors (Lipinski definition) is 0. The summed E-state index contributed by atoms with van der Waals surface area (Å²) in [6, 6.07) is 11.6. The molecule has 26 heavy (non-hydrogen) atoms. The van der Waals surface area contributed by atoms with E-state index in [1.54, 1.807) is 12.1 Å². The second-order valence-corrected chi connectivity index (χ2v) is 7.23. The van der Waals surface area contributed by atoms with Gasteiger partial charge in [0.05, 0.1) is 12.1 Å². The first-order valence-corrected chi connectivity index (χ1v) is 9.18. The average molecular weight is 380 g/mol. The van der Waals surface area contributed by atoms with Gasteiger partial charge in [-0.1, -0.05) is 23.7 Å². The molecule has 1 aromatic heterocycles. The fraction of sp³-hybridized carbons (Fsp3) is 0.350. The summed E-state index contributed by atoms with van der Waals surface area (Å²) in [6.45, 7) is 1.36. The lowest BCUT2D eigenvalue weighted by Crippen LogP contribution is -2.37. The molecule has 0 saturated carbocycles. The molecule has 0 fully saturated rings. The van der Waals surface area contributed by atoms with Crippen LogP contribution in [0.5, 0.6) is 0 Å². The number of aryl methyl sites for hydroxylation is 1. The van der Waals surface area contributed by atoms with Crippen molar-refractivity contribution in [3.8, 4) is 0 Å². The van der Waals surface area contributed by atoms with Gasteiger partial charge in [0.1, 0.15) is 6.54 Å². The number of aromatic nitrogens is 2. The summed E-state index contributed by atoms with van der Waals surface area (Å²) in [7, 11) is 0. The third-order valence-electron chi connectivity index (χ3n) is 5.02. The van der Waals surface area contributed by atoms with E-state index in [0.717, 1.165) is 49.1 Å². The summed E-state index contributed by atoms with van der Waals surface area (Å²) >= 11 is 6.09. The number of fused-ring (bicyclic) bond motifs is 3. The van der Waals surface area contributed by atoms with E-state index >= 15 is 0 Å². The van der Waals surface area contributed by atoms with Crippen LogP contribution in [0.2, 0.25) is 5.02 Å². The number of rotatable bonds is 2. The number of nitrogens with zero attached hydrogens (tertiary/aromatic N) is 2. The van der Waals surface area contributed by atoms with Gasteiger partial charge in [-0.15, -0.1) is 0 Å². The van der Waals surface area contributed by atoms with Crippen molar-refractivity contribution in [1.82, 2.24) is 4.57 Å². The molecule has 2 nitrogen and oxygen atoms in total. The molecule has 0 atom stereocenters. The Balaban J connectivity index is 1.91. The molecule has 2 heterocycles. The first-order chi connectivity index (χ1) is 12.4. The van der Waals surface area contributed by atoms with Crippen molar-refractivity contribution >= 4 is 22.6 Å². The number of hydrogen-bond acceptors (Lipinski definition) is 0. The molecule has 0 radical (unpaired) electrons.